The van der Waals surface area contributed by atoms with Gasteiger partial charge in [-0.15, -0.1) is 11.8 Å². The first-order valence-corrected chi connectivity index (χ1v) is 7.26. The third kappa shape index (κ3) is 4.36. The minimum atomic E-state index is 0.875. The summed E-state index contributed by atoms with van der Waals surface area (Å²) in [5.74, 6) is 1.15. The predicted octanol–water partition coefficient (Wildman–Crippen LogP) is 4.34. The van der Waals surface area contributed by atoms with Gasteiger partial charge in [-0.3, -0.25) is 0 Å². The number of hydrogen-bond acceptors (Lipinski definition) is 2. The molecule has 0 aliphatic carbocycles. The molecule has 0 spiro atoms. The lowest BCUT2D eigenvalue weighted by Crippen LogP contribution is -2.14. The number of rotatable bonds is 7. The van der Waals surface area contributed by atoms with Crippen LogP contribution in [-0.4, -0.2) is 12.3 Å². The van der Waals surface area contributed by atoms with Crippen molar-refractivity contribution in [2.45, 2.75) is 38.1 Å². The number of hydrogen-bond donors (Lipinski definition) is 1. The van der Waals surface area contributed by atoms with Crippen molar-refractivity contribution in [1.82, 2.24) is 5.32 Å². The second-order valence-corrected chi connectivity index (χ2v) is 5.29. The van der Waals surface area contributed by atoms with Crippen LogP contribution in [0.5, 0.6) is 0 Å². The Morgan fingerprint density at radius 3 is 2.75 bits per heavy atom. The summed E-state index contributed by atoms with van der Waals surface area (Å²) in [5, 5.41) is 4.29. The van der Waals surface area contributed by atoms with E-state index in [0.29, 0.717) is 0 Å². The molecule has 0 aliphatic heterocycles. The molecule has 0 bridgehead atoms. The molecule has 1 aromatic carbocycles. The fourth-order valence-corrected chi connectivity index (χ4v) is 2.70. The van der Waals surface area contributed by atoms with Crippen LogP contribution in [0.2, 0.25) is 5.02 Å². The van der Waals surface area contributed by atoms with Gasteiger partial charge in [-0.2, -0.15) is 0 Å². The van der Waals surface area contributed by atoms with E-state index in [0.717, 1.165) is 30.3 Å². The van der Waals surface area contributed by atoms with Gasteiger partial charge in [-0.25, -0.2) is 0 Å². The van der Waals surface area contributed by atoms with Crippen LogP contribution in [0.4, 0.5) is 0 Å². The van der Waals surface area contributed by atoms with Crippen LogP contribution >= 0.6 is 23.4 Å². The molecule has 1 aromatic rings. The maximum atomic E-state index is 6.23. The van der Waals surface area contributed by atoms with E-state index in [-0.39, 0.29) is 0 Å². The topological polar surface area (TPSA) is 12.0 Å². The zero-order valence-corrected chi connectivity index (χ0v) is 11.6. The van der Waals surface area contributed by atoms with Gasteiger partial charge >= 0.3 is 0 Å². The maximum absolute atomic E-state index is 6.23. The Hall–Kier alpha value is -0.180. The minimum Gasteiger partial charge on any atom is -0.313 e. The van der Waals surface area contributed by atoms with Crippen LogP contribution in [-0.2, 0) is 6.54 Å². The van der Waals surface area contributed by atoms with Gasteiger partial charge in [0.1, 0.15) is 0 Å². The molecule has 0 unspecified atom stereocenters. The van der Waals surface area contributed by atoms with Gasteiger partial charge in [-0.1, -0.05) is 31.5 Å². The Balaban J connectivity index is 2.69. The van der Waals surface area contributed by atoms with Crippen molar-refractivity contribution in [2.24, 2.45) is 0 Å². The van der Waals surface area contributed by atoms with Crippen LogP contribution < -0.4 is 5.32 Å². The van der Waals surface area contributed by atoms with Crippen molar-refractivity contribution in [3.05, 3.63) is 28.8 Å². The standard InChI is InChI=1S/C13H20ClNS/c1-3-8-15-10-11-12(14)6-5-7-13(11)16-9-4-2/h5-7,15H,3-4,8-10H2,1-2H3. The Morgan fingerprint density at radius 2 is 2.06 bits per heavy atom. The van der Waals surface area contributed by atoms with E-state index in [2.05, 4.69) is 25.2 Å². The fraction of sp³-hybridized carbons (Fsp3) is 0.538. The Bertz CT molecular complexity index is 315. The molecule has 0 radical (unpaired) electrons. The highest BCUT2D eigenvalue weighted by Crippen LogP contribution is 2.28. The fourth-order valence-electron chi connectivity index (χ4n) is 1.45. The summed E-state index contributed by atoms with van der Waals surface area (Å²) in [7, 11) is 0. The molecule has 0 amide bonds. The third-order valence-corrected chi connectivity index (χ3v) is 3.93. The van der Waals surface area contributed by atoms with Crippen molar-refractivity contribution in [1.29, 1.82) is 0 Å². The summed E-state index contributed by atoms with van der Waals surface area (Å²) in [6.07, 6.45) is 2.35. The summed E-state index contributed by atoms with van der Waals surface area (Å²) < 4.78 is 0. The summed E-state index contributed by atoms with van der Waals surface area (Å²) in [5.41, 5.74) is 1.25. The first-order chi connectivity index (χ1) is 7.79. The Morgan fingerprint density at radius 1 is 1.25 bits per heavy atom. The Labute approximate surface area is 108 Å². The van der Waals surface area contributed by atoms with Crippen LogP contribution in [0.25, 0.3) is 0 Å². The summed E-state index contributed by atoms with van der Waals surface area (Å²) in [6, 6.07) is 6.17. The van der Waals surface area contributed by atoms with Gasteiger partial charge in [0, 0.05) is 16.5 Å². The maximum Gasteiger partial charge on any atom is 0.0462 e. The molecular weight excluding hydrogens is 238 g/mol. The number of benzene rings is 1. The molecule has 90 valence electrons. The smallest absolute Gasteiger partial charge is 0.0462 e. The van der Waals surface area contributed by atoms with Crippen molar-refractivity contribution in [3.8, 4) is 0 Å². The minimum absolute atomic E-state index is 0.875. The molecule has 0 saturated heterocycles. The number of nitrogens with one attached hydrogen (secondary N) is 1. The van der Waals surface area contributed by atoms with Crippen molar-refractivity contribution < 1.29 is 0 Å². The average Bonchev–Trinajstić information content (AvgIpc) is 2.29. The average molecular weight is 258 g/mol. The van der Waals surface area contributed by atoms with E-state index in [1.807, 2.05) is 23.9 Å². The van der Waals surface area contributed by atoms with E-state index in [1.54, 1.807) is 0 Å². The van der Waals surface area contributed by atoms with E-state index < -0.39 is 0 Å². The molecule has 0 heterocycles. The predicted molar refractivity (Wildman–Crippen MR) is 74.5 cm³/mol. The zero-order chi connectivity index (χ0) is 11.8. The Kier molecular flexibility index (Phi) is 6.93. The highest BCUT2D eigenvalue weighted by atomic mass is 35.5. The molecule has 1 nitrogen and oxygen atoms in total. The van der Waals surface area contributed by atoms with Gasteiger partial charge in [0.25, 0.3) is 0 Å². The van der Waals surface area contributed by atoms with Gasteiger partial charge < -0.3 is 5.32 Å². The molecule has 1 rings (SSSR count). The van der Waals surface area contributed by atoms with Gasteiger partial charge in [0.05, 0.1) is 0 Å². The normalized spacial score (nSPS) is 10.7. The molecule has 3 heteroatoms. The van der Waals surface area contributed by atoms with Gasteiger partial charge in [-0.05, 0) is 42.8 Å². The van der Waals surface area contributed by atoms with E-state index in [9.17, 15) is 0 Å². The highest BCUT2D eigenvalue weighted by Gasteiger charge is 2.06. The molecule has 1 N–H and O–H groups in total. The zero-order valence-electron chi connectivity index (χ0n) is 10.1. The second-order valence-electron chi connectivity index (χ2n) is 3.74. The molecule has 0 saturated carbocycles. The number of halogens is 1. The largest absolute Gasteiger partial charge is 0.313 e. The number of thioether (sulfide) groups is 1. The van der Waals surface area contributed by atoms with Crippen molar-refractivity contribution in [3.63, 3.8) is 0 Å². The second kappa shape index (κ2) is 7.99. The van der Waals surface area contributed by atoms with Gasteiger partial charge in [0.2, 0.25) is 0 Å². The van der Waals surface area contributed by atoms with Crippen molar-refractivity contribution >= 4 is 23.4 Å². The molecular formula is C13H20ClNS. The lowest BCUT2D eigenvalue weighted by atomic mass is 10.2. The van der Waals surface area contributed by atoms with E-state index in [4.69, 9.17) is 11.6 Å². The third-order valence-electron chi connectivity index (χ3n) is 2.27. The molecule has 16 heavy (non-hydrogen) atoms. The van der Waals surface area contributed by atoms with Crippen LogP contribution in [0.3, 0.4) is 0 Å². The quantitative estimate of drug-likeness (QED) is 0.576. The van der Waals surface area contributed by atoms with Gasteiger partial charge in [0.15, 0.2) is 0 Å². The highest BCUT2D eigenvalue weighted by molar-refractivity contribution is 7.99. The van der Waals surface area contributed by atoms with E-state index in [1.165, 1.54) is 16.9 Å². The van der Waals surface area contributed by atoms with Crippen LogP contribution in [0.15, 0.2) is 23.1 Å². The molecule has 0 aliphatic rings. The van der Waals surface area contributed by atoms with Crippen LogP contribution in [0, 0.1) is 0 Å². The first-order valence-electron chi connectivity index (χ1n) is 5.90. The monoisotopic (exact) mass is 257 g/mol. The first kappa shape index (κ1) is 13.9. The molecule has 0 fully saturated rings. The molecule has 0 atom stereocenters. The molecule has 0 aromatic heterocycles. The summed E-state index contributed by atoms with van der Waals surface area (Å²) in [6.45, 7) is 6.29. The lowest BCUT2D eigenvalue weighted by Gasteiger charge is -2.11. The van der Waals surface area contributed by atoms with Crippen molar-refractivity contribution in [2.75, 3.05) is 12.3 Å². The van der Waals surface area contributed by atoms with Crippen LogP contribution in [0.1, 0.15) is 32.3 Å². The summed E-state index contributed by atoms with van der Waals surface area (Å²) >= 11 is 8.13. The lowest BCUT2D eigenvalue weighted by molar-refractivity contribution is 0.669. The SMILES string of the molecule is CCCNCc1c(Cl)cccc1SCCC. The summed E-state index contributed by atoms with van der Waals surface area (Å²) in [4.78, 5) is 1.32. The van der Waals surface area contributed by atoms with E-state index >= 15 is 0 Å².